The summed E-state index contributed by atoms with van der Waals surface area (Å²) in [5, 5.41) is 17.1. The molecule has 24 heavy (non-hydrogen) atoms. The van der Waals surface area contributed by atoms with Crippen molar-refractivity contribution >= 4 is 0 Å². The van der Waals surface area contributed by atoms with E-state index in [9.17, 15) is 5.11 Å². The molecule has 1 unspecified atom stereocenters. The van der Waals surface area contributed by atoms with Crippen molar-refractivity contribution in [1.82, 2.24) is 10.5 Å². The highest BCUT2D eigenvalue weighted by atomic mass is 16.5. The summed E-state index contributed by atoms with van der Waals surface area (Å²) in [6.07, 6.45) is -0.603. The van der Waals surface area contributed by atoms with Crippen LogP contribution in [0.5, 0.6) is 11.5 Å². The number of para-hydroxylation sites is 2. The van der Waals surface area contributed by atoms with E-state index in [2.05, 4.69) is 31.2 Å². The number of nitrogens with one attached hydrogen (secondary N) is 1. The summed E-state index contributed by atoms with van der Waals surface area (Å²) in [5.41, 5.74) is 0.768. The summed E-state index contributed by atoms with van der Waals surface area (Å²) < 4.78 is 16.5. The molecule has 0 fully saturated rings. The van der Waals surface area contributed by atoms with Gasteiger partial charge in [-0.25, -0.2) is 0 Å². The molecule has 1 aromatic carbocycles. The van der Waals surface area contributed by atoms with Gasteiger partial charge in [0.25, 0.3) is 0 Å². The molecule has 2 rings (SSSR count). The highest BCUT2D eigenvalue weighted by molar-refractivity contribution is 5.39. The van der Waals surface area contributed by atoms with E-state index in [1.54, 1.807) is 0 Å². The number of β-amino-alcohol motifs (C(OH)–C–C–N with tert-alkyl or cyclic N) is 1. The SMILES string of the molecule is Cc1cc(COc2ccccc2OCC(O)CNC(C)(C)C)on1. The molecule has 0 spiro atoms. The van der Waals surface area contributed by atoms with Crippen LogP contribution in [0.25, 0.3) is 0 Å². The van der Waals surface area contributed by atoms with E-state index in [4.69, 9.17) is 14.0 Å². The molecule has 0 aliphatic carbocycles. The van der Waals surface area contributed by atoms with Gasteiger partial charge in [-0.3, -0.25) is 0 Å². The Morgan fingerprint density at radius 2 is 1.88 bits per heavy atom. The fourth-order valence-corrected chi connectivity index (χ4v) is 1.99. The van der Waals surface area contributed by atoms with E-state index in [1.165, 1.54) is 0 Å². The quantitative estimate of drug-likeness (QED) is 0.773. The Morgan fingerprint density at radius 3 is 2.46 bits per heavy atom. The first-order valence-corrected chi connectivity index (χ1v) is 8.03. The molecule has 1 aromatic heterocycles. The van der Waals surface area contributed by atoms with Crippen molar-refractivity contribution < 1.29 is 19.1 Å². The Morgan fingerprint density at radius 1 is 1.21 bits per heavy atom. The average molecular weight is 334 g/mol. The summed E-state index contributed by atoms with van der Waals surface area (Å²) in [6, 6.07) is 9.18. The molecule has 132 valence electrons. The predicted octanol–water partition coefficient (Wildman–Crippen LogP) is 2.69. The van der Waals surface area contributed by atoms with E-state index >= 15 is 0 Å². The van der Waals surface area contributed by atoms with Gasteiger partial charge in [0.1, 0.15) is 19.3 Å². The molecular weight excluding hydrogens is 308 g/mol. The van der Waals surface area contributed by atoms with E-state index in [0.717, 1.165) is 5.69 Å². The molecule has 2 N–H and O–H groups in total. The summed E-state index contributed by atoms with van der Waals surface area (Å²) in [5.74, 6) is 1.84. The summed E-state index contributed by atoms with van der Waals surface area (Å²) in [4.78, 5) is 0. The van der Waals surface area contributed by atoms with Gasteiger partial charge < -0.3 is 24.4 Å². The summed E-state index contributed by atoms with van der Waals surface area (Å²) >= 11 is 0. The number of benzene rings is 1. The van der Waals surface area contributed by atoms with Gasteiger partial charge in [0.05, 0.1) is 5.69 Å². The van der Waals surface area contributed by atoms with Crippen LogP contribution >= 0.6 is 0 Å². The summed E-state index contributed by atoms with van der Waals surface area (Å²) in [6.45, 7) is 8.93. The second-order valence-corrected chi connectivity index (χ2v) is 6.77. The van der Waals surface area contributed by atoms with Crippen LogP contribution in [0.2, 0.25) is 0 Å². The van der Waals surface area contributed by atoms with Crippen molar-refractivity contribution in [3.05, 3.63) is 41.8 Å². The number of aryl methyl sites for hydroxylation is 1. The van der Waals surface area contributed by atoms with Crippen LogP contribution < -0.4 is 14.8 Å². The van der Waals surface area contributed by atoms with Crippen molar-refractivity contribution in [1.29, 1.82) is 0 Å². The molecule has 6 nitrogen and oxygen atoms in total. The standard InChI is InChI=1S/C18H26N2O4/c1-13-9-15(24-20-13)12-23-17-8-6-5-7-16(17)22-11-14(21)10-19-18(2,3)4/h5-9,14,19,21H,10-12H2,1-4H3. The zero-order valence-corrected chi connectivity index (χ0v) is 14.7. The first-order chi connectivity index (χ1) is 11.3. The fourth-order valence-electron chi connectivity index (χ4n) is 1.99. The molecule has 0 aliphatic rings. The number of ether oxygens (including phenoxy) is 2. The highest BCUT2D eigenvalue weighted by Crippen LogP contribution is 2.27. The van der Waals surface area contributed by atoms with E-state index in [0.29, 0.717) is 23.8 Å². The first kappa shape index (κ1) is 18.3. The zero-order chi connectivity index (χ0) is 17.6. The van der Waals surface area contributed by atoms with Gasteiger partial charge in [-0.2, -0.15) is 0 Å². The van der Waals surface area contributed by atoms with Crippen molar-refractivity contribution in [2.75, 3.05) is 13.2 Å². The van der Waals surface area contributed by atoms with Crippen molar-refractivity contribution in [2.45, 2.75) is 45.9 Å². The van der Waals surface area contributed by atoms with Gasteiger partial charge in [0.2, 0.25) is 0 Å². The molecule has 0 bridgehead atoms. The third-order valence-electron chi connectivity index (χ3n) is 3.20. The van der Waals surface area contributed by atoms with Crippen molar-refractivity contribution in [2.24, 2.45) is 0 Å². The lowest BCUT2D eigenvalue weighted by Crippen LogP contribution is -2.42. The van der Waals surface area contributed by atoms with Gasteiger partial charge in [-0.1, -0.05) is 17.3 Å². The number of hydrogen-bond donors (Lipinski definition) is 2. The minimum Gasteiger partial charge on any atom is -0.487 e. The van der Waals surface area contributed by atoms with Crippen LogP contribution in [-0.2, 0) is 6.61 Å². The molecule has 0 aliphatic heterocycles. The third kappa shape index (κ3) is 6.22. The second-order valence-electron chi connectivity index (χ2n) is 6.77. The number of aliphatic hydroxyl groups excluding tert-OH is 1. The lowest BCUT2D eigenvalue weighted by atomic mass is 10.1. The number of rotatable bonds is 8. The number of aliphatic hydroxyl groups is 1. The van der Waals surface area contributed by atoms with Gasteiger partial charge in [-0.05, 0) is 39.8 Å². The highest BCUT2D eigenvalue weighted by Gasteiger charge is 2.14. The van der Waals surface area contributed by atoms with Crippen LogP contribution in [0.15, 0.2) is 34.9 Å². The van der Waals surface area contributed by atoms with E-state index < -0.39 is 6.10 Å². The maximum Gasteiger partial charge on any atom is 0.174 e. The Hall–Kier alpha value is -2.05. The molecule has 1 heterocycles. The largest absolute Gasteiger partial charge is 0.487 e. The van der Waals surface area contributed by atoms with Gasteiger partial charge in [0, 0.05) is 18.2 Å². The molecular formula is C18H26N2O4. The maximum atomic E-state index is 10.0. The van der Waals surface area contributed by atoms with Crippen molar-refractivity contribution in [3.63, 3.8) is 0 Å². The topological polar surface area (TPSA) is 76.8 Å². The van der Waals surface area contributed by atoms with Gasteiger partial charge in [-0.15, -0.1) is 0 Å². The Bertz CT molecular complexity index is 634. The lowest BCUT2D eigenvalue weighted by Gasteiger charge is -2.23. The van der Waals surface area contributed by atoms with Crippen LogP contribution in [-0.4, -0.2) is 35.1 Å². The molecule has 0 saturated heterocycles. The molecule has 0 radical (unpaired) electrons. The van der Waals surface area contributed by atoms with Gasteiger partial charge in [0.15, 0.2) is 17.3 Å². The monoisotopic (exact) mass is 334 g/mol. The fraction of sp³-hybridized carbons (Fsp3) is 0.500. The minimum absolute atomic E-state index is 0.0444. The minimum atomic E-state index is -0.603. The molecule has 2 aromatic rings. The molecule has 0 amide bonds. The van der Waals surface area contributed by atoms with Crippen LogP contribution in [0.4, 0.5) is 0 Å². The first-order valence-electron chi connectivity index (χ1n) is 8.03. The molecule has 1 atom stereocenters. The van der Waals surface area contributed by atoms with Crippen LogP contribution in [0.3, 0.4) is 0 Å². The Balaban J connectivity index is 1.86. The van der Waals surface area contributed by atoms with E-state index in [1.807, 2.05) is 37.3 Å². The van der Waals surface area contributed by atoms with Crippen molar-refractivity contribution in [3.8, 4) is 11.5 Å². The predicted molar refractivity (Wildman–Crippen MR) is 91.3 cm³/mol. The number of nitrogens with zero attached hydrogens (tertiary/aromatic N) is 1. The molecule has 0 saturated carbocycles. The van der Waals surface area contributed by atoms with E-state index in [-0.39, 0.29) is 18.8 Å². The second kappa shape index (κ2) is 8.17. The Labute approximate surface area is 142 Å². The molecule has 6 heteroatoms. The van der Waals surface area contributed by atoms with Gasteiger partial charge >= 0.3 is 0 Å². The summed E-state index contributed by atoms with van der Waals surface area (Å²) in [7, 11) is 0. The lowest BCUT2D eigenvalue weighted by molar-refractivity contribution is 0.0974. The Kier molecular flexibility index (Phi) is 6.23. The zero-order valence-electron chi connectivity index (χ0n) is 14.7. The van der Waals surface area contributed by atoms with Crippen LogP contribution in [0, 0.1) is 6.92 Å². The van der Waals surface area contributed by atoms with Crippen LogP contribution in [0.1, 0.15) is 32.2 Å². The normalized spacial score (nSPS) is 12.9. The third-order valence-corrected chi connectivity index (χ3v) is 3.20. The smallest absolute Gasteiger partial charge is 0.174 e. The number of hydrogen-bond acceptors (Lipinski definition) is 6. The average Bonchev–Trinajstić information content (AvgIpc) is 2.94. The number of aromatic nitrogens is 1. The maximum absolute atomic E-state index is 10.0.